The van der Waals surface area contributed by atoms with E-state index in [2.05, 4.69) is 5.32 Å². The maximum atomic E-state index is 14.1. The van der Waals surface area contributed by atoms with Crippen LogP contribution in [0.25, 0.3) is 0 Å². The van der Waals surface area contributed by atoms with E-state index in [-0.39, 0.29) is 29.5 Å². The second kappa shape index (κ2) is 17.2. The Balaban J connectivity index is 1.74. The van der Waals surface area contributed by atoms with E-state index in [1.54, 1.807) is 59.2 Å². The number of methoxy groups -OCH3 is 2. The molecule has 0 unspecified atom stereocenters. The topological polar surface area (TPSA) is 156 Å². The van der Waals surface area contributed by atoms with Gasteiger partial charge in [-0.3, -0.25) is 14.9 Å². The van der Waals surface area contributed by atoms with Crippen molar-refractivity contribution >= 4 is 52.9 Å². The van der Waals surface area contributed by atoms with Crippen molar-refractivity contribution < 1.29 is 48.0 Å². The van der Waals surface area contributed by atoms with Crippen LogP contribution in [0.1, 0.15) is 59.4 Å². The number of nitrogens with zero attached hydrogens (tertiary/aromatic N) is 2. The summed E-state index contributed by atoms with van der Waals surface area (Å²) in [7, 11) is 6.05. The van der Waals surface area contributed by atoms with Crippen molar-refractivity contribution in [3.8, 4) is 5.75 Å². The van der Waals surface area contributed by atoms with E-state index in [1.807, 2.05) is 19.9 Å². The zero-order valence-corrected chi connectivity index (χ0v) is 33.0. The van der Waals surface area contributed by atoms with Crippen molar-refractivity contribution in [2.24, 2.45) is 5.92 Å². The molecule has 52 heavy (non-hydrogen) atoms. The van der Waals surface area contributed by atoms with Gasteiger partial charge in [0.1, 0.15) is 40.7 Å². The molecule has 1 aromatic rings. The highest BCUT2D eigenvalue weighted by molar-refractivity contribution is 7.99. The summed E-state index contributed by atoms with van der Waals surface area (Å²) in [6, 6.07) is 2.64. The Hall–Kier alpha value is -3.30. The van der Waals surface area contributed by atoms with E-state index in [0.717, 1.165) is 23.3 Å². The van der Waals surface area contributed by atoms with Crippen molar-refractivity contribution in [2.45, 2.75) is 102 Å². The molecule has 0 radical (unpaired) electrons. The van der Waals surface area contributed by atoms with Gasteiger partial charge in [0.25, 0.3) is 0 Å². The number of anilines is 1. The van der Waals surface area contributed by atoms with Crippen LogP contribution >= 0.6 is 23.4 Å². The maximum absolute atomic E-state index is 14.1. The minimum Gasteiger partial charge on any atom is -0.495 e. The molecule has 3 aliphatic heterocycles. The summed E-state index contributed by atoms with van der Waals surface area (Å²) >= 11 is 8.24. The minimum absolute atomic E-state index is 0.0440. The average molecular weight is 766 g/mol. The van der Waals surface area contributed by atoms with E-state index < -0.39 is 65.7 Å². The third-order valence-electron chi connectivity index (χ3n) is 10.1. The standard InChI is InChI=1S/C37H52ClN3O10S/c1-10-14-52-20-31(43)40(6)23(4)34(44)50-29-18-30(42)41(7)25-16-24(17-26(47-8)32(25)38)15-21(2)12-11-13-28(48-9)37(46)19-27(49-35(45)39-37)22(3)33-36(29,5)51-33/h11-13,16-17,22-23,27-29,33,46H,10,14-15,18-20H2,1-9H3,(H,39,45)/b13-11+,21-12+/t22-,23+,27+,28-,29+,33+,36+,37+/m1/s1. The summed E-state index contributed by atoms with van der Waals surface area (Å²) in [5, 5.41) is 14.5. The molecule has 0 aromatic heterocycles. The minimum atomic E-state index is -1.82. The van der Waals surface area contributed by atoms with Gasteiger partial charge in [-0.1, -0.05) is 49.2 Å². The van der Waals surface area contributed by atoms with E-state index in [9.17, 15) is 24.3 Å². The van der Waals surface area contributed by atoms with Gasteiger partial charge in [0.15, 0.2) is 5.72 Å². The Kier molecular flexibility index (Phi) is 13.7. The Morgan fingerprint density at radius 1 is 1.27 bits per heavy atom. The second-order valence-electron chi connectivity index (χ2n) is 14.0. The molecular weight excluding hydrogens is 714 g/mol. The van der Waals surface area contributed by atoms with Gasteiger partial charge in [0.05, 0.1) is 31.1 Å². The summed E-state index contributed by atoms with van der Waals surface area (Å²) in [5.41, 5.74) is -0.878. The monoisotopic (exact) mass is 765 g/mol. The van der Waals surface area contributed by atoms with E-state index in [4.69, 9.17) is 35.3 Å². The van der Waals surface area contributed by atoms with Crippen LogP contribution in [0, 0.1) is 5.92 Å². The molecule has 1 aromatic carbocycles. The fourth-order valence-electron chi connectivity index (χ4n) is 6.62. The highest BCUT2D eigenvalue weighted by Gasteiger charge is 2.64. The first-order chi connectivity index (χ1) is 24.5. The lowest BCUT2D eigenvalue weighted by Crippen LogP contribution is -2.63. The van der Waals surface area contributed by atoms with Crippen LogP contribution in [-0.4, -0.2) is 115 Å². The number of carbonyl (C=O) groups is 4. The molecule has 8 atom stereocenters. The van der Waals surface area contributed by atoms with Crippen molar-refractivity contribution in [3.05, 3.63) is 46.5 Å². The number of epoxide rings is 1. The average Bonchev–Trinajstić information content (AvgIpc) is 3.80. The Bertz CT molecular complexity index is 1570. The highest BCUT2D eigenvalue weighted by Crippen LogP contribution is 2.49. The number of allylic oxidation sites excluding steroid dienone is 3. The number of hydrogen-bond acceptors (Lipinski definition) is 11. The van der Waals surface area contributed by atoms with Gasteiger partial charge in [-0.2, -0.15) is 11.8 Å². The summed E-state index contributed by atoms with van der Waals surface area (Å²) in [6.07, 6.45) is 1.93. The fraction of sp³-hybridized carbons (Fsp3) is 0.622. The normalized spacial score (nSPS) is 31.6. The van der Waals surface area contributed by atoms with Gasteiger partial charge in [-0.15, -0.1) is 0 Å². The molecule has 288 valence electrons. The van der Waals surface area contributed by atoms with Gasteiger partial charge in [-0.25, -0.2) is 9.59 Å². The Morgan fingerprint density at radius 2 is 1.98 bits per heavy atom. The first kappa shape index (κ1) is 41.5. The van der Waals surface area contributed by atoms with Crippen molar-refractivity contribution in [1.29, 1.82) is 0 Å². The number of hydrogen-bond donors (Lipinski definition) is 2. The Morgan fingerprint density at radius 3 is 2.63 bits per heavy atom. The largest absolute Gasteiger partial charge is 0.495 e. The first-order valence-electron chi connectivity index (χ1n) is 17.4. The number of halogens is 1. The predicted octanol–water partition coefficient (Wildman–Crippen LogP) is 4.66. The van der Waals surface area contributed by atoms with Gasteiger partial charge >= 0.3 is 12.1 Å². The number of likely N-dealkylation sites (N-methyl/N-ethyl adjacent to an activating group) is 1. The predicted molar refractivity (Wildman–Crippen MR) is 199 cm³/mol. The number of thioether (sulfide) groups is 1. The quantitative estimate of drug-likeness (QED) is 0.205. The molecule has 3 amide bonds. The number of alkyl carbamates (subject to hydrolysis) is 1. The number of carbonyl (C=O) groups excluding carboxylic acids is 4. The number of aliphatic hydroxyl groups is 1. The molecule has 4 rings (SSSR count). The zero-order chi connectivity index (χ0) is 38.5. The molecule has 3 heterocycles. The molecule has 2 N–H and O–H groups in total. The van der Waals surface area contributed by atoms with Crippen LogP contribution < -0.4 is 15.0 Å². The number of benzene rings is 1. The van der Waals surface area contributed by atoms with Crippen LogP contribution in [0.4, 0.5) is 10.5 Å². The molecule has 2 fully saturated rings. The summed E-state index contributed by atoms with van der Waals surface area (Å²) in [4.78, 5) is 56.2. The van der Waals surface area contributed by atoms with E-state index in [1.165, 1.54) is 35.8 Å². The van der Waals surface area contributed by atoms with Crippen molar-refractivity contribution in [1.82, 2.24) is 10.2 Å². The SMILES string of the molecule is CCCSCC(=O)N(C)[C@@H](C)C(=O)O[C@H]1CC(=O)N(C)c2cc(cc(OC)c2Cl)C/C(C)=C/C=C/[C@@H](OC)[C@@]2(O)C[C@H](OC(=O)N2)[C@@H](C)[C@@H]2O[C@@]12C. The van der Waals surface area contributed by atoms with E-state index >= 15 is 0 Å². The molecule has 13 nitrogen and oxygen atoms in total. The third kappa shape index (κ3) is 9.25. The van der Waals surface area contributed by atoms with Crippen LogP contribution in [0.3, 0.4) is 0 Å². The number of esters is 1. The maximum Gasteiger partial charge on any atom is 0.409 e. The van der Waals surface area contributed by atoms with Crippen LogP contribution in [-0.2, 0) is 39.8 Å². The van der Waals surface area contributed by atoms with Crippen LogP contribution in [0.2, 0.25) is 5.02 Å². The van der Waals surface area contributed by atoms with Crippen LogP contribution in [0.15, 0.2) is 35.9 Å². The van der Waals surface area contributed by atoms with Gasteiger partial charge in [-0.05, 0) is 57.1 Å². The van der Waals surface area contributed by atoms with Crippen LogP contribution in [0.5, 0.6) is 5.75 Å². The summed E-state index contributed by atoms with van der Waals surface area (Å²) < 4.78 is 29.2. The summed E-state index contributed by atoms with van der Waals surface area (Å²) in [6.45, 7) is 9.05. The molecule has 3 aliphatic rings. The number of amides is 3. The lowest BCUT2D eigenvalue weighted by Gasteiger charge is -2.42. The lowest BCUT2D eigenvalue weighted by molar-refractivity contribution is -0.161. The molecular formula is C37H52ClN3O10S. The number of ether oxygens (including phenoxy) is 5. The first-order valence-corrected chi connectivity index (χ1v) is 18.9. The fourth-order valence-corrected chi connectivity index (χ4v) is 7.75. The number of nitrogens with one attached hydrogen (secondary N) is 1. The van der Waals surface area contributed by atoms with Crippen molar-refractivity contribution in [2.75, 3.05) is 44.7 Å². The smallest absolute Gasteiger partial charge is 0.409 e. The van der Waals surface area contributed by atoms with Gasteiger partial charge in [0.2, 0.25) is 11.8 Å². The Labute approximate surface area is 315 Å². The second-order valence-corrected chi connectivity index (χ2v) is 15.4. The molecule has 0 aliphatic carbocycles. The van der Waals surface area contributed by atoms with Gasteiger partial charge in [0, 0.05) is 33.5 Å². The zero-order valence-electron chi connectivity index (χ0n) is 31.4. The molecule has 4 bridgehead atoms. The molecule has 2 saturated heterocycles. The van der Waals surface area contributed by atoms with Crippen molar-refractivity contribution in [3.63, 3.8) is 0 Å². The molecule has 15 heteroatoms. The lowest BCUT2D eigenvalue weighted by atomic mass is 9.83. The number of rotatable bonds is 9. The third-order valence-corrected chi connectivity index (χ3v) is 11.6. The number of fused-ring (bicyclic) bond motifs is 5. The molecule has 0 spiro atoms. The highest BCUT2D eigenvalue weighted by atomic mass is 35.5. The van der Waals surface area contributed by atoms with Gasteiger partial charge < -0.3 is 38.6 Å². The molecule has 0 saturated carbocycles. The van der Waals surface area contributed by atoms with E-state index in [0.29, 0.717) is 17.9 Å². The summed E-state index contributed by atoms with van der Waals surface area (Å²) in [5.74, 6) is -0.469.